The molecule has 1 aromatic heterocycles. The van der Waals surface area contributed by atoms with Crippen LogP contribution < -0.4 is 10.1 Å². The summed E-state index contributed by atoms with van der Waals surface area (Å²) >= 11 is 1.15. The third-order valence-corrected chi connectivity index (χ3v) is 4.02. The van der Waals surface area contributed by atoms with Crippen molar-refractivity contribution in [1.29, 1.82) is 0 Å². The van der Waals surface area contributed by atoms with Crippen LogP contribution in [0.15, 0.2) is 42.5 Å². The van der Waals surface area contributed by atoms with Gasteiger partial charge in [-0.3, -0.25) is 10.1 Å². The molecule has 4 nitrogen and oxygen atoms in total. The zero-order chi connectivity index (χ0) is 16.4. The van der Waals surface area contributed by atoms with Crippen LogP contribution in [0, 0.1) is 11.6 Å². The molecule has 1 atom stereocenters. The number of hydrogen-bond acceptors (Lipinski definition) is 4. The van der Waals surface area contributed by atoms with Crippen molar-refractivity contribution in [2.75, 3.05) is 5.32 Å². The average Bonchev–Trinajstić information content (AvgIpc) is 2.90. The van der Waals surface area contributed by atoms with Crippen LogP contribution in [-0.2, 0) is 4.79 Å². The summed E-state index contributed by atoms with van der Waals surface area (Å²) in [4.78, 5) is 16.3. The number of hydrogen-bond donors (Lipinski definition) is 1. The Morgan fingerprint density at radius 3 is 2.83 bits per heavy atom. The van der Waals surface area contributed by atoms with Crippen molar-refractivity contribution >= 4 is 32.6 Å². The molecule has 0 radical (unpaired) electrons. The highest BCUT2D eigenvalue weighted by molar-refractivity contribution is 7.22. The summed E-state index contributed by atoms with van der Waals surface area (Å²) in [5.41, 5.74) is 0.592. The smallest absolute Gasteiger partial charge is 0.266 e. The average molecular weight is 334 g/mol. The lowest BCUT2D eigenvalue weighted by Crippen LogP contribution is -2.30. The fourth-order valence-corrected chi connectivity index (χ4v) is 2.84. The van der Waals surface area contributed by atoms with Crippen LogP contribution in [0.5, 0.6) is 5.75 Å². The van der Waals surface area contributed by atoms with Gasteiger partial charge in [-0.1, -0.05) is 23.5 Å². The predicted molar refractivity (Wildman–Crippen MR) is 84.7 cm³/mol. The minimum absolute atomic E-state index is 0.00141. The lowest BCUT2D eigenvalue weighted by atomic mass is 10.3. The van der Waals surface area contributed by atoms with E-state index < -0.39 is 17.8 Å². The highest BCUT2D eigenvalue weighted by Crippen LogP contribution is 2.26. The van der Waals surface area contributed by atoms with Gasteiger partial charge in [0.2, 0.25) is 0 Å². The molecule has 23 heavy (non-hydrogen) atoms. The molecular weight excluding hydrogens is 322 g/mol. The number of halogens is 2. The first-order valence-electron chi connectivity index (χ1n) is 6.81. The van der Waals surface area contributed by atoms with Crippen LogP contribution in [-0.4, -0.2) is 17.0 Å². The van der Waals surface area contributed by atoms with Crippen molar-refractivity contribution in [2.24, 2.45) is 0 Å². The first-order valence-corrected chi connectivity index (χ1v) is 7.63. The van der Waals surface area contributed by atoms with Gasteiger partial charge < -0.3 is 4.74 Å². The molecule has 0 aliphatic heterocycles. The van der Waals surface area contributed by atoms with Crippen LogP contribution in [0.1, 0.15) is 6.92 Å². The Bertz CT molecular complexity index is 866. The molecule has 7 heteroatoms. The van der Waals surface area contributed by atoms with Gasteiger partial charge in [-0.2, -0.15) is 0 Å². The number of fused-ring (bicyclic) bond motifs is 1. The second-order valence-corrected chi connectivity index (χ2v) is 5.84. The van der Waals surface area contributed by atoms with Crippen molar-refractivity contribution in [1.82, 2.24) is 4.98 Å². The van der Waals surface area contributed by atoms with E-state index >= 15 is 0 Å². The molecule has 0 fully saturated rings. The number of ether oxygens (including phenoxy) is 1. The Kier molecular flexibility index (Phi) is 4.20. The maximum atomic E-state index is 13.5. The number of carbonyl (C=O) groups is 1. The van der Waals surface area contributed by atoms with Crippen LogP contribution in [0.4, 0.5) is 13.9 Å². The summed E-state index contributed by atoms with van der Waals surface area (Å²) in [7, 11) is 0. The SMILES string of the molecule is C[C@@H](Oc1ccccc1F)C(=O)Nc1nc2ccc(F)cc2s1. The number of benzene rings is 2. The molecule has 0 saturated heterocycles. The van der Waals surface area contributed by atoms with E-state index in [0.717, 1.165) is 11.3 Å². The van der Waals surface area contributed by atoms with Crippen molar-refractivity contribution in [3.8, 4) is 5.75 Å². The summed E-state index contributed by atoms with van der Waals surface area (Å²) in [6.07, 6.45) is -0.907. The highest BCUT2D eigenvalue weighted by Gasteiger charge is 2.18. The third kappa shape index (κ3) is 3.45. The number of thiazole rings is 1. The van der Waals surface area contributed by atoms with Gasteiger partial charge in [-0.15, -0.1) is 0 Å². The predicted octanol–water partition coefficient (Wildman–Crippen LogP) is 3.98. The van der Waals surface area contributed by atoms with Crippen molar-refractivity contribution in [3.05, 3.63) is 54.1 Å². The Morgan fingerprint density at radius 1 is 1.26 bits per heavy atom. The van der Waals surface area contributed by atoms with Gasteiger partial charge in [0.1, 0.15) is 5.82 Å². The van der Waals surface area contributed by atoms with Gasteiger partial charge in [0.15, 0.2) is 22.8 Å². The number of carbonyl (C=O) groups excluding carboxylic acids is 1. The number of para-hydroxylation sites is 1. The van der Waals surface area contributed by atoms with E-state index in [0.29, 0.717) is 15.3 Å². The minimum Gasteiger partial charge on any atom is -0.478 e. The molecule has 2 aromatic carbocycles. The van der Waals surface area contributed by atoms with E-state index in [2.05, 4.69) is 10.3 Å². The van der Waals surface area contributed by atoms with E-state index in [4.69, 9.17) is 4.74 Å². The number of nitrogens with one attached hydrogen (secondary N) is 1. The fourth-order valence-electron chi connectivity index (χ4n) is 1.94. The number of aromatic nitrogens is 1. The van der Waals surface area contributed by atoms with Crippen LogP contribution >= 0.6 is 11.3 Å². The summed E-state index contributed by atoms with van der Waals surface area (Å²) in [6.45, 7) is 1.51. The van der Waals surface area contributed by atoms with E-state index in [1.165, 1.54) is 43.3 Å². The van der Waals surface area contributed by atoms with Gasteiger partial charge in [0.05, 0.1) is 10.2 Å². The molecule has 0 unspecified atom stereocenters. The van der Waals surface area contributed by atoms with E-state index in [1.54, 1.807) is 6.07 Å². The van der Waals surface area contributed by atoms with Gasteiger partial charge >= 0.3 is 0 Å². The topological polar surface area (TPSA) is 51.2 Å². The normalized spacial score (nSPS) is 12.1. The Labute approximate surface area is 134 Å². The largest absolute Gasteiger partial charge is 0.478 e. The van der Waals surface area contributed by atoms with Gasteiger partial charge in [-0.25, -0.2) is 13.8 Å². The maximum Gasteiger partial charge on any atom is 0.266 e. The molecule has 3 aromatic rings. The lowest BCUT2D eigenvalue weighted by molar-refractivity contribution is -0.122. The standard InChI is InChI=1S/C16H12F2N2O2S/c1-9(22-13-5-3-2-4-11(13)18)15(21)20-16-19-12-7-6-10(17)8-14(12)23-16/h2-9H,1H3,(H,19,20,21)/t9-/m1/s1. The summed E-state index contributed by atoms with van der Waals surface area (Å²) in [5.74, 6) is -1.37. The molecule has 0 aliphatic carbocycles. The first kappa shape index (κ1) is 15.4. The highest BCUT2D eigenvalue weighted by atomic mass is 32.1. The zero-order valence-electron chi connectivity index (χ0n) is 12.0. The quantitative estimate of drug-likeness (QED) is 0.785. The van der Waals surface area contributed by atoms with Gasteiger partial charge in [0, 0.05) is 0 Å². The molecule has 0 spiro atoms. The molecule has 1 amide bonds. The van der Waals surface area contributed by atoms with Crippen molar-refractivity contribution in [3.63, 3.8) is 0 Å². The molecule has 0 bridgehead atoms. The summed E-state index contributed by atoms with van der Waals surface area (Å²) < 4.78 is 32.6. The molecular formula is C16H12F2N2O2S. The number of nitrogens with zero attached hydrogens (tertiary/aromatic N) is 1. The van der Waals surface area contributed by atoms with E-state index in [-0.39, 0.29) is 11.6 Å². The second-order valence-electron chi connectivity index (χ2n) is 4.81. The first-order chi connectivity index (χ1) is 11.0. The second kappa shape index (κ2) is 6.29. The fraction of sp³-hybridized carbons (Fsp3) is 0.125. The molecule has 0 saturated carbocycles. The van der Waals surface area contributed by atoms with Gasteiger partial charge in [-0.05, 0) is 37.3 Å². The van der Waals surface area contributed by atoms with Crippen LogP contribution in [0.25, 0.3) is 10.2 Å². The monoisotopic (exact) mass is 334 g/mol. The Morgan fingerprint density at radius 2 is 2.04 bits per heavy atom. The molecule has 1 N–H and O–H groups in total. The lowest BCUT2D eigenvalue weighted by Gasteiger charge is -2.13. The van der Waals surface area contributed by atoms with Crippen molar-refractivity contribution < 1.29 is 18.3 Å². The Hall–Kier alpha value is -2.54. The summed E-state index contributed by atoms with van der Waals surface area (Å²) in [6, 6.07) is 10.0. The van der Waals surface area contributed by atoms with Crippen LogP contribution in [0.2, 0.25) is 0 Å². The molecule has 1 heterocycles. The Balaban J connectivity index is 1.71. The molecule has 118 valence electrons. The maximum absolute atomic E-state index is 13.5. The van der Waals surface area contributed by atoms with Crippen LogP contribution in [0.3, 0.4) is 0 Å². The van der Waals surface area contributed by atoms with Crippen molar-refractivity contribution in [2.45, 2.75) is 13.0 Å². The number of anilines is 1. The molecule has 3 rings (SSSR count). The third-order valence-electron chi connectivity index (χ3n) is 3.09. The van der Waals surface area contributed by atoms with E-state index in [1.807, 2.05) is 0 Å². The summed E-state index contributed by atoms with van der Waals surface area (Å²) in [5, 5.41) is 2.92. The zero-order valence-corrected chi connectivity index (χ0v) is 12.9. The number of amides is 1. The van der Waals surface area contributed by atoms with Gasteiger partial charge in [0.25, 0.3) is 5.91 Å². The van der Waals surface area contributed by atoms with E-state index in [9.17, 15) is 13.6 Å². The number of rotatable bonds is 4. The molecule has 0 aliphatic rings. The minimum atomic E-state index is -0.907.